The first kappa shape index (κ1) is 39.3. The van der Waals surface area contributed by atoms with E-state index >= 15 is 0 Å². The SMILES string of the molecule is CCOC(=O)OC(C)OC(=O)c1cccc2nc(OCC)n(Cc3ccc(-n4cc(C)cc4-c4nnnn4C(c4ccccc4)(c4ccccc4)c4ccccc4)cc3)c12. The number of esters is 1. The van der Waals surface area contributed by atoms with Crippen molar-refractivity contribution in [3.8, 4) is 23.2 Å². The van der Waals surface area contributed by atoms with E-state index in [-0.39, 0.29) is 12.2 Å². The number of aromatic nitrogens is 7. The van der Waals surface area contributed by atoms with Gasteiger partial charge in [0.05, 0.1) is 42.0 Å². The maximum Gasteiger partial charge on any atom is 0.511 e. The van der Waals surface area contributed by atoms with Crippen molar-refractivity contribution in [3.05, 3.63) is 179 Å². The van der Waals surface area contributed by atoms with Crippen molar-refractivity contribution in [3.63, 3.8) is 0 Å². The second kappa shape index (κ2) is 17.1. The van der Waals surface area contributed by atoms with E-state index < -0.39 is 24.0 Å². The van der Waals surface area contributed by atoms with Crippen LogP contribution in [0, 0.1) is 6.92 Å². The minimum Gasteiger partial charge on any atom is -0.465 e. The summed E-state index contributed by atoms with van der Waals surface area (Å²) in [6.45, 7) is 7.85. The standard InChI is InChI=1S/C47H43N7O6/c1-5-57-45-48-40-24-16-23-39(44(55)59-33(4)60-46(56)58-6-2)42(40)53(45)31-34-25-27-38(28-26-34)52-30-32(3)29-41(52)43-49-50-51-54(43)47(35-17-10-7-11-18-35,36-19-12-8-13-20-36)37-21-14-9-15-22-37/h7-30,33H,5-6,31H2,1-4H3. The molecule has 302 valence electrons. The van der Waals surface area contributed by atoms with E-state index in [1.54, 1.807) is 25.1 Å². The third kappa shape index (κ3) is 7.48. The third-order valence-electron chi connectivity index (χ3n) is 10.1. The number of para-hydroxylation sites is 1. The Morgan fingerprint density at radius 3 is 1.98 bits per heavy atom. The molecule has 0 saturated carbocycles. The number of carbonyl (C=O) groups excluding carboxylic acids is 2. The number of ether oxygens (including phenoxy) is 4. The van der Waals surface area contributed by atoms with Crippen molar-refractivity contribution in [2.75, 3.05) is 13.2 Å². The van der Waals surface area contributed by atoms with Gasteiger partial charge in [-0.2, -0.15) is 4.98 Å². The first-order valence-corrected chi connectivity index (χ1v) is 19.7. The summed E-state index contributed by atoms with van der Waals surface area (Å²) in [5.74, 6) is -0.109. The summed E-state index contributed by atoms with van der Waals surface area (Å²) in [6.07, 6.45) is -0.0384. The van der Waals surface area contributed by atoms with Gasteiger partial charge in [0.25, 0.3) is 6.01 Å². The zero-order chi connectivity index (χ0) is 41.6. The molecule has 13 nitrogen and oxygen atoms in total. The number of fused-ring (bicyclic) bond motifs is 1. The number of nitrogens with zero attached hydrogens (tertiary/aromatic N) is 7. The van der Waals surface area contributed by atoms with Gasteiger partial charge in [0.1, 0.15) is 5.54 Å². The van der Waals surface area contributed by atoms with E-state index in [1.165, 1.54) is 6.92 Å². The summed E-state index contributed by atoms with van der Waals surface area (Å²) in [7, 11) is 0. The van der Waals surface area contributed by atoms with E-state index in [4.69, 9.17) is 34.2 Å². The van der Waals surface area contributed by atoms with Crippen LogP contribution in [0.5, 0.6) is 6.01 Å². The molecule has 13 heteroatoms. The number of carbonyl (C=O) groups is 2. The molecule has 3 aromatic heterocycles. The minimum absolute atomic E-state index is 0.130. The Labute approximate surface area is 346 Å². The normalized spacial score (nSPS) is 11.9. The van der Waals surface area contributed by atoms with Crippen LogP contribution in [0.1, 0.15) is 58.9 Å². The van der Waals surface area contributed by atoms with Gasteiger partial charge in [0.15, 0.2) is 0 Å². The van der Waals surface area contributed by atoms with Crippen LogP contribution in [-0.4, -0.2) is 66.0 Å². The largest absolute Gasteiger partial charge is 0.511 e. The predicted octanol–water partition coefficient (Wildman–Crippen LogP) is 8.75. The fourth-order valence-electron chi connectivity index (χ4n) is 7.64. The van der Waals surface area contributed by atoms with Crippen LogP contribution in [0.2, 0.25) is 0 Å². The average Bonchev–Trinajstić information content (AvgIpc) is 4.00. The number of benzene rings is 5. The summed E-state index contributed by atoms with van der Waals surface area (Å²) < 4.78 is 27.2. The highest BCUT2D eigenvalue weighted by atomic mass is 16.8. The van der Waals surface area contributed by atoms with Crippen LogP contribution in [-0.2, 0) is 26.3 Å². The lowest BCUT2D eigenvalue weighted by atomic mass is 9.77. The maximum absolute atomic E-state index is 13.5. The lowest BCUT2D eigenvalue weighted by Crippen LogP contribution is -2.39. The van der Waals surface area contributed by atoms with E-state index in [1.807, 2.05) is 102 Å². The monoisotopic (exact) mass is 801 g/mol. The molecular weight excluding hydrogens is 759 g/mol. The number of imidazole rings is 1. The van der Waals surface area contributed by atoms with Gasteiger partial charge < -0.3 is 23.5 Å². The Hall–Kier alpha value is -7.54. The molecule has 8 aromatic rings. The Balaban J connectivity index is 1.17. The topological polar surface area (TPSA) is 137 Å². The highest BCUT2D eigenvalue weighted by Crippen LogP contribution is 2.42. The quantitative estimate of drug-likeness (QED) is 0.0596. The first-order valence-electron chi connectivity index (χ1n) is 19.7. The molecular formula is C47H43N7O6. The predicted molar refractivity (Wildman–Crippen MR) is 225 cm³/mol. The molecule has 5 aromatic carbocycles. The van der Waals surface area contributed by atoms with Gasteiger partial charge in [0.2, 0.25) is 12.1 Å². The van der Waals surface area contributed by atoms with E-state index in [0.29, 0.717) is 36.0 Å². The molecule has 8 rings (SSSR count). The van der Waals surface area contributed by atoms with Gasteiger partial charge in [-0.25, -0.2) is 14.3 Å². The molecule has 0 aliphatic carbocycles. The molecule has 3 heterocycles. The van der Waals surface area contributed by atoms with E-state index in [9.17, 15) is 9.59 Å². The maximum atomic E-state index is 13.5. The van der Waals surface area contributed by atoms with Crippen molar-refractivity contribution >= 4 is 23.2 Å². The van der Waals surface area contributed by atoms with E-state index in [2.05, 4.69) is 58.4 Å². The lowest BCUT2D eigenvalue weighted by Gasteiger charge is -2.36. The Morgan fingerprint density at radius 2 is 1.38 bits per heavy atom. The van der Waals surface area contributed by atoms with Gasteiger partial charge in [-0.3, -0.25) is 4.57 Å². The van der Waals surface area contributed by atoms with Crippen LogP contribution in [0.15, 0.2) is 146 Å². The highest BCUT2D eigenvalue weighted by molar-refractivity contribution is 6.02. The average molecular weight is 802 g/mol. The van der Waals surface area contributed by atoms with Crippen LogP contribution in [0.3, 0.4) is 0 Å². The third-order valence-corrected chi connectivity index (χ3v) is 10.1. The van der Waals surface area contributed by atoms with Crippen molar-refractivity contribution in [2.24, 2.45) is 0 Å². The van der Waals surface area contributed by atoms with Crippen molar-refractivity contribution in [1.29, 1.82) is 0 Å². The smallest absolute Gasteiger partial charge is 0.465 e. The van der Waals surface area contributed by atoms with Gasteiger partial charge >= 0.3 is 12.1 Å². The molecule has 1 atom stereocenters. The Morgan fingerprint density at radius 1 is 0.750 bits per heavy atom. The molecule has 0 fully saturated rings. The fraction of sp³-hybridized carbons (Fsp3) is 0.191. The number of tetrazole rings is 1. The molecule has 60 heavy (non-hydrogen) atoms. The Kier molecular flexibility index (Phi) is 11.2. The van der Waals surface area contributed by atoms with Gasteiger partial charge in [-0.15, -0.1) is 5.10 Å². The number of aryl methyl sites for hydroxylation is 1. The van der Waals surface area contributed by atoms with Crippen molar-refractivity contribution < 1.29 is 28.5 Å². The zero-order valence-electron chi connectivity index (χ0n) is 33.6. The highest BCUT2D eigenvalue weighted by Gasteiger charge is 2.42. The molecule has 0 saturated heterocycles. The first-order chi connectivity index (χ1) is 29.3. The summed E-state index contributed by atoms with van der Waals surface area (Å²) in [6, 6.07) is 46.7. The molecule has 0 spiro atoms. The van der Waals surface area contributed by atoms with Crippen LogP contribution in [0.4, 0.5) is 4.79 Å². The van der Waals surface area contributed by atoms with Crippen LogP contribution in [0.25, 0.3) is 28.2 Å². The number of hydrogen-bond donors (Lipinski definition) is 0. The molecule has 0 bridgehead atoms. The molecule has 0 aliphatic rings. The number of rotatable bonds is 14. The van der Waals surface area contributed by atoms with Crippen LogP contribution < -0.4 is 4.74 Å². The molecule has 1 unspecified atom stereocenters. The zero-order valence-corrected chi connectivity index (χ0v) is 33.6. The van der Waals surface area contributed by atoms with Gasteiger partial charge in [-0.05, 0) is 89.3 Å². The molecule has 0 amide bonds. The molecule has 0 aliphatic heterocycles. The fourth-order valence-corrected chi connectivity index (χ4v) is 7.64. The minimum atomic E-state index is -1.18. The molecule has 0 N–H and O–H groups in total. The van der Waals surface area contributed by atoms with E-state index in [0.717, 1.165) is 39.2 Å². The number of hydrogen-bond acceptors (Lipinski definition) is 10. The summed E-state index contributed by atoms with van der Waals surface area (Å²) in [5.41, 5.74) is 7.05. The van der Waals surface area contributed by atoms with Crippen LogP contribution >= 0.6 is 0 Å². The van der Waals surface area contributed by atoms with Crippen molar-refractivity contribution in [2.45, 2.75) is 46.1 Å². The molecule has 0 radical (unpaired) electrons. The Bertz CT molecular complexity index is 2630. The van der Waals surface area contributed by atoms with Gasteiger partial charge in [0, 0.05) is 18.8 Å². The van der Waals surface area contributed by atoms with Crippen molar-refractivity contribution in [1.82, 2.24) is 34.3 Å². The summed E-state index contributed by atoms with van der Waals surface area (Å²) in [5, 5.41) is 13.8. The second-order valence-corrected chi connectivity index (χ2v) is 14.0. The van der Waals surface area contributed by atoms with Gasteiger partial charge in [-0.1, -0.05) is 109 Å². The summed E-state index contributed by atoms with van der Waals surface area (Å²) in [4.78, 5) is 30.0. The lowest BCUT2D eigenvalue weighted by molar-refractivity contribution is -0.0810. The second-order valence-electron chi connectivity index (χ2n) is 14.0. The summed E-state index contributed by atoms with van der Waals surface area (Å²) >= 11 is 0.